The Hall–Kier alpha value is -3.51. The molecule has 11 nitrogen and oxygen atoms in total. The zero-order valence-corrected chi connectivity index (χ0v) is 26.4. The van der Waals surface area contributed by atoms with Crippen LogP contribution in [0.1, 0.15) is 31.7 Å². The minimum atomic E-state index is -0.280. The molecule has 0 radical (unpaired) electrons. The monoisotopic (exact) mass is 640 g/mol. The summed E-state index contributed by atoms with van der Waals surface area (Å²) >= 11 is 12.6. The summed E-state index contributed by atoms with van der Waals surface area (Å²) in [6.07, 6.45) is 5.73. The van der Waals surface area contributed by atoms with Crippen LogP contribution in [0.5, 0.6) is 11.8 Å². The molecular formula is C31H38Cl2N8O3. The van der Waals surface area contributed by atoms with Crippen LogP contribution in [-0.4, -0.2) is 88.9 Å². The van der Waals surface area contributed by atoms with Gasteiger partial charge in [0.2, 0.25) is 23.6 Å². The van der Waals surface area contributed by atoms with Crippen LogP contribution in [0.2, 0.25) is 10.0 Å². The normalized spacial score (nSPS) is 16.6. The average Bonchev–Trinajstić information content (AvgIpc) is 3.00. The quantitative estimate of drug-likeness (QED) is 0.319. The van der Waals surface area contributed by atoms with E-state index in [0.717, 1.165) is 82.1 Å². The number of benzene rings is 1. The number of primary amides is 1. The van der Waals surface area contributed by atoms with Gasteiger partial charge in [-0.15, -0.1) is 0 Å². The van der Waals surface area contributed by atoms with Gasteiger partial charge in [0.25, 0.3) is 0 Å². The van der Waals surface area contributed by atoms with Gasteiger partial charge in [-0.3, -0.25) is 19.4 Å². The number of aromatic nitrogens is 3. The number of likely N-dealkylation sites (tertiary alicyclic amines) is 1. The smallest absolute Gasteiger partial charge is 0.239 e. The molecule has 0 bridgehead atoms. The number of nitrogens with zero attached hydrogens (tertiary/aromatic N) is 6. The number of nitrogens with two attached hydrogens (primary N) is 1. The molecule has 44 heavy (non-hydrogen) atoms. The third-order valence-corrected chi connectivity index (χ3v) is 8.40. The van der Waals surface area contributed by atoms with Crippen LogP contribution in [0.15, 0.2) is 42.7 Å². The molecule has 1 aromatic carbocycles. The molecule has 0 spiro atoms. The SMILES string of the molecule is CC(=O)NCC1CCN(Cc2cc(Oc3cnc(N4CCN(CCC(N)=O)CC4)cn3)nc(-c3cc(Cl)cc(Cl)c3)c2)CC1. The van der Waals surface area contributed by atoms with Gasteiger partial charge in [-0.25, -0.2) is 15.0 Å². The number of carbonyl (C=O) groups is 2. The van der Waals surface area contributed by atoms with Crippen molar-refractivity contribution in [2.45, 2.75) is 32.7 Å². The molecule has 0 atom stereocenters. The fraction of sp³-hybridized carbons (Fsp3) is 0.452. The molecule has 4 heterocycles. The van der Waals surface area contributed by atoms with Crippen LogP contribution in [0, 0.1) is 5.92 Å². The lowest BCUT2D eigenvalue weighted by molar-refractivity contribution is -0.119. The highest BCUT2D eigenvalue weighted by Gasteiger charge is 2.21. The van der Waals surface area contributed by atoms with E-state index in [-0.39, 0.29) is 11.8 Å². The molecule has 2 aromatic heterocycles. The van der Waals surface area contributed by atoms with Crippen molar-refractivity contribution in [3.05, 3.63) is 58.3 Å². The second kappa shape index (κ2) is 15.0. The Morgan fingerprint density at radius 3 is 2.30 bits per heavy atom. The predicted octanol–water partition coefficient (Wildman–Crippen LogP) is 3.98. The van der Waals surface area contributed by atoms with E-state index in [4.69, 9.17) is 38.7 Å². The van der Waals surface area contributed by atoms with Crippen LogP contribution in [0.25, 0.3) is 11.3 Å². The molecule has 0 saturated carbocycles. The maximum Gasteiger partial charge on any atom is 0.239 e. The highest BCUT2D eigenvalue weighted by Crippen LogP contribution is 2.30. The molecule has 2 amide bonds. The van der Waals surface area contributed by atoms with E-state index in [1.54, 1.807) is 25.4 Å². The number of ether oxygens (including phenoxy) is 1. The number of piperazine rings is 1. The summed E-state index contributed by atoms with van der Waals surface area (Å²) < 4.78 is 6.14. The minimum Gasteiger partial charge on any atom is -0.419 e. The topological polar surface area (TPSA) is 130 Å². The number of rotatable bonds is 11. The molecule has 2 saturated heterocycles. The molecule has 0 aliphatic carbocycles. The van der Waals surface area contributed by atoms with E-state index >= 15 is 0 Å². The van der Waals surface area contributed by atoms with E-state index in [9.17, 15) is 9.59 Å². The first-order valence-corrected chi connectivity index (χ1v) is 15.7. The van der Waals surface area contributed by atoms with Gasteiger partial charge in [0.15, 0.2) is 0 Å². The largest absolute Gasteiger partial charge is 0.419 e. The summed E-state index contributed by atoms with van der Waals surface area (Å²) in [4.78, 5) is 43.1. The van der Waals surface area contributed by atoms with Crippen molar-refractivity contribution in [3.8, 4) is 23.0 Å². The summed E-state index contributed by atoms with van der Waals surface area (Å²) in [6.45, 7) is 8.78. The van der Waals surface area contributed by atoms with Crippen LogP contribution in [-0.2, 0) is 16.1 Å². The van der Waals surface area contributed by atoms with Gasteiger partial charge >= 0.3 is 0 Å². The maximum atomic E-state index is 11.3. The van der Waals surface area contributed by atoms with Gasteiger partial charge in [-0.2, -0.15) is 0 Å². The number of halogens is 2. The number of hydrogen-bond donors (Lipinski definition) is 2. The van der Waals surface area contributed by atoms with Gasteiger partial charge in [0, 0.05) is 80.8 Å². The number of hydrogen-bond acceptors (Lipinski definition) is 9. The van der Waals surface area contributed by atoms with E-state index in [2.05, 4.69) is 30.0 Å². The fourth-order valence-electron chi connectivity index (χ4n) is 5.55. The lowest BCUT2D eigenvalue weighted by Gasteiger charge is -2.35. The van der Waals surface area contributed by atoms with Crippen molar-refractivity contribution >= 4 is 40.8 Å². The van der Waals surface area contributed by atoms with Crippen LogP contribution < -0.4 is 20.7 Å². The van der Waals surface area contributed by atoms with Crippen LogP contribution in [0.3, 0.4) is 0 Å². The molecule has 13 heteroatoms. The Morgan fingerprint density at radius 2 is 1.66 bits per heavy atom. The van der Waals surface area contributed by atoms with Gasteiger partial charge in [-0.05, 0) is 61.7 Å². The number of amides is 2. The standard InChI is InChI=1S/C31H38Cl2N8O3/c1-21(42)35-17-22-2-5-40(6-3-22)20-23-12-27(24-14-25(32)16-26(33)15-24)38-30(13-23)44-31-19-36-29(18-37-31)41-10-8-39(9-11-41)7-4-28(34)43/h12-16,18-19,22H,2-11,17,20H2,1H3,(H2,34,43)(H,35,42). The van der Waals surface area contributed by atoms with Crippen molar-refractivity contribution in [1.29, 1.82) is 0 Å². The van der Waals surface area contributed by atoms with Crippen molar-refractivity contribution in [2.75, 3.05) is 57.3 Å². The van der Waals surface area contributed by atoms with E-state index in [1.807, 2.05) is 24.3 Å². The molecule has 0 unspecified atom stereocenters. The third kappa shape index (κ3) is 9.25. The highest BCUT2D eigenvalue weighted by atomic mass is 35.5. The Labute approximate surface area is 267 Å². The number of nitrogens with one attached hydrogen (secondary N) is 1. The second-order valence-corrected chi connectivity index (χ2v) is 12.2. The predicted molar refractivity (Wildman–Crippen MR) is 171 cm³/mol. The number of pyridine rings is 1. The molecular weight excluding hydrogens is 603 g/mol. The molecule has 3 aromatic rings. The van der Waals surface area contributed by atoms with E-state index in [1.165, 1.54) is 0 Å². The van der Waals surface area contributed by atoms with Crippen molar-refractivity contribution in [3.63, 3.8) is 0 Å². The summed E-state index contributed by atoms with van der Waals surface area (Å²) in [5.41, 5.74) is 7.81. The molecule has 5 rings (SSSR count). The van der Waals surface area contributed by atoms with Crippen molar-refractivity contribution < 1.29 is 14.3 Å². The number of anilines is 1. The molecule has 3 N–H and O–H groups in total. The fourth-order valence-corrected chi connectivity index (χ4v) is 6.07. The first-order valence-electron chi connectivity index (χ1n) is 14.9. The Bertz CT molecular complexity index is 1420. The summed E-state index contributed by atoms with van der Waals surface area (Å²) in [6, 6.07) is 9.32. The Morgan fingerprint density at radius 1 is 0.932 bits per heavy atom. The minimum absolute atomic E-state index is 0.0151. The second-order valence-electron chi connectivity index (χ2n) is 11.4. The summed E-state index contributed by atoms with van der Waals surface area (Å²) in [5.74, 6) is 1.73. The zero-order chi connectivity index (χ0) is 31.1. The molecule has 2 fully saturated rings. The first kappa shape index (κ1) is 31.9. The van der Waals surface area contributed by atoms with Crippen LogP contribution in [0.4, 0.5) is 5.82 Å². The number of carbonyl (C=O) groups excluding carboxylic acids is 2. The van der Waals surface area contributed by atoms with Crippen LogP contribution >= 0.6 is 23.2 Å². The highest BCUT2D eigenvalue weighted by molar-refractivity contribution is 6.35. The third-order valence-electron chi connectivity index (χ3n) is 7.97. The van der Waals surface area contributed by atoms with Gasteiger partial charge in [0.1, 0.15) is 5.82 Å². The van der Waals surface area contributed by atoms with E-state index < -0.39 is 0 Å². The van der Waals surface area contributed by atoms with Gasteiger partial charge in [-0.1, -0.05) is 23.2 Å². The zero-order valence-electron chi connectivity index (χ0n) is 24.8. The maximum absolute atomic E-state index is 11.3. The summed E-state index contributed by atoms with van der Waals surface area (Å²) in [7, 11) is 0. The number of piperidine rings is 1. The van der Waals surface area contributed by atoms with Gasteiger partial charge < -0.3 is 20.7 Å². The molecule has 2 aliphatic rings. The Kier molecular flexibility index (Phi) is 10.9. The molecule has 234 valence electrons. The summed E-state index contributed by atoms with van der Waals surface area (Å²) in [5, 5.41) is 4.00. The van der Waals surface area contributed by atoms with Crippen molar-refractivity contribution in [2.24, 2.45) is 11.7 Å². The first-order chi connectivity index (χ1) is 21.2. The lowest BCUT2D eigenvalue weighted by atomic mass is 9.96. The molecule has 2 aliphatic heterocycles. The van der Waals surface area contributed by atoms with Gasteiger partial charge in [0.05, 0.1) is 18.1 Å². The lowest BCUT2D eigenvalue weighted by Crippen LogP contribution is -2.47. The average molecular weight is 642 g/mol. The van der Waals surface area contributed by atoms with Crippen molar-refractivity contribution in [1.82, 2.24) is 30.1 Å². The Balaban J connectivity index is 1.27. The van der Waals surface area contributed by atoms with E-state index in [0.29, 0.717) is 46.4 Å².